The number of nitrogens with zero attached hydrogens (tertiary/aromatic N) is 1. The van der Waals surface area contributed by atoms with Crippen LogP contribution in [-0.4, -0.2) is 45.7 Å². The first kappa shape index (κ1) is 14.5. The lowest BCUT2D eigenvalue weighted by molar-refractivity contribution is -0.165. The molecular formula is C15H19NO4. The molecule has 2 N–H and O–H groups in total. The largest absolute Gasteiger partial charge is 0.479 e. The number of carboxylic acid groups (broad SMARTS) is 1. The lowest BCUT2D eigenvalue weighted by Crippen LogP contribution is -2.51. The van der Waals surface area contributed by atoms with Crippen molar-refractivity contribution in [2.45, 2.75) is 31.8 Å². The van der Waals surface area contributed by atoms with Crippen LogP contribution in [0.25, 0.3) is 0 Å². The van der Waals surface area contributed by atoms with Gasteiger partial charge in [0.05, 0.1) is 6.42 Å². The van der Waals surface area contributed by atoms with Crippen LogP contribution in [0.5, 0.6) is 0 Å². The molecule has 108 valence electrons. The van der Waals surface area contributed by atoms with Crippen LogP contribution in [0.1, 0.15) is 24.0 Å². The highest BCUT2D eigenvalue weighted by molar-refractivity contribution is 5.81. The van der Waals surface area contributed by atoms with E-state index < -0.39 is 11.6 Å². The van der Waals surface area contributed by atoms with Crippen molar-refractivity contribution >= 4 is 11.9 Å². The Bertz CT molecular complexity index is 518. The Morgan fingerprint density at radius 3 is 2.40 bits per heavy atom. The highest BCUT2D eigenvalue weighted by atomic mass is 16.4. The van der Waals surface area contributed by atoms with Crippen LogP contribution in [0.4, 0.5) is 0 Å². The smallest absolute Gasteiger partial charge is 0.335 e. The Morgan fingerprint density at radius 2 is 1.85 bits per heavy atom. The number of aryl methyl sites for hydroxylation is 1. The Morgan fingerprint density at radius 1 is 1.25 bits per heavy atom. The van der Waals surface area contributed by atoms with Gasteiger partial charge in [-0.05, 0) is 18.1 Å². The molecule has 1 aliphatic heterocycles. The van der Waals surface area contributed by atoms with E-state index in [1.807, 2.05) is 31.2 Å². The molecule has 0 radical (unpaired) electrons. The van der Waals surface area contributed by atoms with Crippen molar-refractivity contribution in [1.82, 2.24) is 4.90 Å². The summed E-state index contributed by atoms with van der Waals surface area (Å²) < 4.78 is 0. The molecule has 2 rings (SSSR count). The van der Waals surface area contributed by atoms with Gasteiger partial charge in [-0.15, -0.1) is 0 Å². The second kappa shape index (κ2) is 5.63. The third-order valence-electron chi connectivity index (χ3n) is 3.94. The molecule has 1 fully saturated rings. The number of benzene rings is 1. The number of rotatable bonds is 3. The zero-order valence-electron chi connectivity index (χ0n) is 11.5. The maximum atomic E-state index is 12.2. The number of hydrogen-bond acceptors (Lipinski definition) is 3. The molecule has 1 aromatic rings. The van der Waals surface area contributed by atoms with E-state index in [1.165, 1.54) is 0 Å². The molecule has 0 unspecified atom stereocenters. The van der Waals surface area contributed by atoms with Gasteiger partial charge in [0.25, 0.3) is 0 Å². The molecule has 0 spiro atoms. The first-order chi connectivity index (χ1) is 9.42. The summed E-state index contributed by atoms with van der Waals surface area (Å²) in [7, 11) is 0. The summed E-state index contributed by atoms with van der Waals surface area (Å²) in [4.78, 5) is 24.8. The number of carboxylic acids is 1. The molecule has 0 atom stereocenters. The van der Waals surface area contributed by atoms with Crippen molar-refractivity contribution in [3.8, 4) is 0 Å². The fourth-order valence-corrected chi connectivity index (χ4v) is 2.42. The van der Waals surface area contributed by atoms with E-state index in [0.29, 0.717) is 6.42 Å². The monoisotopic (exact) mass is 277 g/mol. The SMILES string of the molecule is Cc1ccccc1CC(=O)N1CCC(O)(C(=O)O)CC1. The van der Waals surface area contributed by atoms with Gasteiger partial charge in [0.1, 0.15) is 0 Å². The highest BCUT2D eigenvalue weighted by Gasteiger charge is 2.40. The third-order valence-corrected chi connectivity index (χ3v) is 3.94. The molecule has 1 amide bonds. The van der Waals surface area contributed by atoms with Crippen LogP contribution in [-0.2, 0) is 16.0 Å². The van der Waals surface area contributed by atoms with Crippen LogP contribution < -0.4 is 0 Å². The average molecular weight is 277 g/mol. The topological polar surface area (TPSA) is 77.8 Å². The van der Waals surface area contributed by atoms with Crippen LogP contribution in [0.2, 0.25) is 0 Å². The van der Waals surface area contributed by atoms with Gasteiger partial charge >= 0.3 is 5.97 Å². The molecule has 1 saturated heterocycles. The lowest BCUT2D eigenvalue weighted by Gasteiger charge is -2.35. The second-order valence-electron chi connectivity index (χ2n) is 5.32. The number of carbonyl (C=O) groups is 2. The average Bonchev–Trinajstić information content (AvgIpc) is 2.42. The predicted molar refractivity (Wildman–Crippen MR) is 73.3 cm³/mol. The summed E-state index contributed by atoms with van der Waals surface area (Å²) >= 11 is 0. The van der Waals surface area contributed by atoms with E-state index in [9.17, 15) is 14.7 Å². The fraction of sp³-hybridized carbons (Fsp3) is 0.467. The van der Waals surface area contributed by atoms with E-state index >= 15 is 0 Å². The summed E-state index contributed by atoms with van der Waals surface area (Å²) in [5, 5.41) is 18.8. The Labute approximate surface area is 117 Å². The van der Waals surface area contributed by atoms with Gasteiger partial charge in [-0.3, -0.25) is 4.79 Å². The minimum Gasteiger partial charge on any atom is -0.479 e. The first-order valence-electron chi connectivity index (χ1n) is 6.70. The first-order valence-corrected chi connectivity index (χ1v) is 6.70. The summed E-state index contributed by atoms with van der Waals surface area (Å²) in [5.74, 6) is -1.23. The van der Waals surface area contributed by atoms with E-state index in [0.717, 1.165) is 11.1 Å². The number of carbonyl (C=O) groups excluding carboxylic acids is 1. The van der Waals surface area contributed by atoms with Gasteiger partial charge in [0.15, 0.2) is 5.60 Å². The molecule has 20 heavy (non-hydrogen) atoms. The lowest BCUT2D eigenvalue weighted by atomic mass is 9.91. The Balaban J connectivity index is 1.96. The third kappa shape index (κ3) is 2.99. The number of piperidine rings is 1. The van der Waals surface area contributed by atoms with Crippen molar-refractivity contribution in [3.63, 3.8) is 0 Å². The van der Waals surface area contributed by atoms with Crippen molar-refractivity contribution in [3.05, 3.63) is 35.4 Å². The summed E-state index contributed by atoms with van der Waals surface area (Å²) in [6.45, 7) is 2.53. The number of amides is 1. The molecule has 0 aromatic heterocycles. The molecule has 0 bridgehead atoms. The molecule has 0 aliphatic carbocycles. The van der Waals surface area contributed by atoms with Crippen molar-refractivity contribution < 1.29 is 19.8 Å². The van der Waals surface area contributed by atoms with Crippen LogP contribution >= 0.6 is 0 Å². The molecule has 5 heteroatoms. The van der Waals surface area contributed by atoms with E-state index in [2.05, 4.69) is 0 Å². The minimum absolute atomic E-state index is 0.0215. The normalized spacial score (nSPS) is 17.8. The van der Waals surface area contributed by atoms with Gasteiger partial charge in [-0.1, -0.05) is 24.3 Å². The van der Waals surface area contributed by atoms with Crippen LogP contribution in [0.15, 0.2) is 24.3 Å². The zero-order chi connectivity index (χ0) is 14.8. The molecule has 5 nitrogen and oxygen atoms in total. The van der Waals surface area contributed by atoms with Crippen LogP contribution in [0, 0.1) is 6.92 Å². The Kier molecular flexibility index (Phi) is 4.09. The maximum absolute atomic E-state index is 12.2. The van der Waals surface area contributed by atoms with Gasteiger partial charge in [-0.2, -0.15) is 0 Å². The number of aliphatic carboxylic acids is 1. The summed E-state index contributed by atoms with van der Waals surface area (Å²) in [6.07, 6.45) is 0.488. The molecule has 1 aromatic carbocycles. The van der Waals surface area contributed by atoms with E-state index in [4.69, 9.17) is 5.11 Å². The van der Waals surface area contributed by atoms with Gasteiger partial charge in [-0.25, -0.2) is 4.79 Å². The van der Waals surface area contributed by atoms with Crippen molar-refractivity contribution in [2.24, 2.45) is 0 Å². The molecule has 1 aliphatic rings. The van der Waals surface area contributed by atoms with Gasteiger partial charge in [0, 0.05) is 25.9 Å². The molecular weight excluding hydrogens is 258 g/mol. The predicted octanol–water partition coefficient (Wildman–Crippen LogP) is 0.976. The highest BCUT2D eigenvalue weighted by Crippen LogP contribution is 2.23. The quantitative estimate of drug-likeness (QED) is 0.863. The summed E-state index contributed by atoms with van der Waals surface area (Å²) in [5.41, 5.74) is 0.371. The standard InChI is InChI=1S/C15H19NO4/c1-11-4-2-3-5-12(11)10-13(17)16-8-6-15(20,7-9-16)14(18)19/h2-5,20H,6-10H2,1H3,(H,18,19). The second-order valence-corrected chi connectivity index (χ2v) is 5.32. The molecule has 0 saturated carbocycles. The minimum atomic E-state index is -1.68. The van der Waals surface area contributed by atoms with Crippen molar-refractivity contribution in [2.75, 3.05) is 13.1 Å². The van der Waals surface area contributed by atoms with Crippen molar-refractivity contribution in [1.29, 1.82) is 0 Å². The molecule has 1 heterocycles. The number of aliphatic hydroxyl groups is 1. The van der Waals surface area contributed by atoms with Gasteiger partial charge in [0.2, 0.25) is 5.91 Å². The number of likely N-dealkylation sites (tertiary alicyclic amines) is 1. The van der Waals surface area contributed by atoms with E-state index in [-0.39, 0.29) is 31.8 Å². The Hall–Kier alpha value is -1.88. The summed E-state index contributed by atoms with van der Waals surface area (Å²) in [6, 6.07) is 7.71. The van der Waals surface area contributed by atoms with Crippen LogP contribution in [0.3, 0.4) is 0 Å². The number of hydrogen-bond donors (Lipinski definition) is 2. The van der Waals surface area contributed by atoms with E-state index in [1.54, 1.807) is 4.90 Å². The maximum Gasteiger partial charge on any atom is 0.335 e. The van der Waals surface area contributed by atoms with Gasteiger partial charge < -0.3 is 15.1 Å². The zero-order valence-corrected chi connectivity index (χ0v) is 11.5. The fourth-order valence-electron chi connectivity index (χ4n) is 2.42.